The number of halogens is 1. The fourth-order valence-electron chi connectivity index (χ4n) is 3.80. The third-order valence-corrected chi connectivity index (χ3v) is 7.12. The molecule has 0 aromatic heterocycles. The maximum Gasteiger partial charge on any atom is 0.414 e. The molecule has 1 aromatic rings. The molecule has 1 fully saturated rings. The molecular weight excluding hydrogens is 452 g/mol. The second kappa shape index (κ2) is 13.0. The highest BCUT2D eigenvalue weighted by atomic mass is 35.5. The quantitative estimate of drug-likeness (QED) is 0.382. The van der Waals surface area contributed by atoms with Crippen LogP contribution < -0.4 is 4.90 Å². The van der Waals surface area contributed by atoms with Gasteiger partial charge in [-0.05, 0) is 37.5 Å². The maximum absolute atomic E-state index is 13.2. The van der Waals surface area contributed by atoms with E-state index >= 15 is 0 Å². The van der Waals surface area contributed by atoms with Gasteiger partial charge >= 0.3 is 6.09 Å². The molecule has 2 unspecified atom stereocenters. The Morgan fingerprint density at radius 1 is 1.34 bits per heavy atom. The van der Waals surface area contributed by atoms with Gasteiger partial charge in [0.25, 0.3) is 0 Å². The molecule has 1 aromatic carbocycles. The summed E-state index contributed by atoms with van der Waals surface area (Å²) in [5.74, 6) is 0. The zero-order chi connectivity index (χ0) is 23.7. The Labute approximate surface area is 198 Å². The predicted molar refractivity (Wildman–Crippen MR) is 129 cm³/mol. The molecule has 2 aliphatic rings. The smallest absolute Gasteiger partial charge is 0.414 e. The summed E-state index contributed by atoms with van der Waals surface area (Å²) in [5, 5.41) is 0.613. The Kier molecular flexibility index (Phi) is 10.7. The molecule has 9 heteroatoms. The average molecular weight is 485 g/mol. The SMILES string of the molecule is C=CCC(OC)/C(=C/OC)S(=O)N1CCC(N2C(=O)OCc3cc(Cl)ccc32)CC1.CC. The minimum Gasteiger partial charge on any atom is -0.503 e. The van der Waals surface area contributed by atoms with Crippen LogP contribution in [0.1, 0.15) is 38.7 Å². The molecule has 1 saturated heterocycles. The second-order valence-electron chi connectivity index (χ2n) is 7.11. The number of methoxy groups -OCH3 is 2. The molecule has 0 radical (unpaired) electrons. The summed E-state index contributed by atoms with van der Waals surface area (Å²) in [7, 11) is 1.69. The van der Waals surface area contributed by atoms with Gasteiger partial charge in [-0.25, -0.2) is 13.3 Å². The van der Waals surface area contributed by atoms with Crippen LogP contribution in [0.15, 0.2) is 42.0 Å². The summed E-state index contributed by atoms with van der Waals surface area (Å²) in [6, 6.07) is 5.43. The van der Waals surface area contributed by atoms with E-state index < -0.39 is 11.0 Å². The number of anilines is 1. The molecule has 0 spiro atoms. The topological polar surface area (TPSA) is 68.3 Å². The van der Waals surface area contributed by atoms with Crippen LogP contribution in [-0.4, -0.2) is 54.1 Å². The molecule has 0 aliphatic carbocycles. The molecule has 2 heterocycles. The monoisotopic (exact) mass is 484 g/mol. The number of fused-ring (bicyclic) bond motifs is 1. The van der Waals surface area contributed by atoms with Crippen LogP contribution in [-0.2, 0) is 31.8 Å². The van der Waals surface area contributed by atoms with Crippen LogP contribution in [0, 0.1) is 0 Å². The van der Waals surface area contributed by atoms with E-state index in [1.54, 1.807) is 24.2 Å². The lowest BCUT2D eigenvalue weighted by Gasteiger charge is -2.40. The third kappa shape index (κ3) is 6.13. The standard InChI is InChI=1S/C21H27ClN2O5S.C2H6/c1-4-5-19(28-3)20(14-27-2)30(26)23-10-8-17(9-11-23)24-18-7-6-16(22)12-15(18)13-29-21(24)25;1-2/h4,6-7,12,14,17,19H,1,5,8-11,13H2,2-3H3;1-2H3/b20-14-;. The lowest BCUT2D eigenvalue weighted by molar-refractivity contribution is 0.134. The molecule has 2 atom stereocenters. The van der Waals surface area contributed by atoms with Crippen molar-refractivity contribution in [3.63, 3.8) is 0 Å². The molecule has 0 bridgehead atoms. The van der Waals surface area contributed by atoms with Gasteiger partial charge in [0.05, 0.1) is 30.1 Å². The number of rotatable bonds is 8. The summed E-state index contributed by atoms with van der Waals surface area (Å²) in [6.07, 6.45) is 4.37. The molecule has 32 heavy (non-hydrogen) atoms. The third-order valence-electron chi connectivity index (χ3n) is 5.29. The zero-order valence-electron chi connectivity index (χ0n) is 19.2. The molecule has 0 saturated carbocycles. The maximum atomic E-state index is 13.2. The van der Waals surface area contributed by atoms with Crippen molar-refractivity contribution in [1.29, 1.82) is 0 Å². The highest BCUT2D eigenvalue weighted by molar-refractivity contribution is 7.86. The number of ether oxygens (including phenoxy) is 3. The van der Waals surface area contributed by atoms with Crippen molar-refractivity contribution in [2.45, 2.75) is 51.9 Å². The van der Waals surface area contributed by atoms with Crippen molar-refractivity contribution in [3.05, 3.63) is 52.6 Å². The number of hydrogen-bond donors (Lipinski definition) is 0. The first-order chi connectivity index (χ1) is 15.5. The highest BCUT2D eigenvalue weighted by Crippen LogP contribution is 2.34. The van der Waals surface area contributed by atoms with E-state index in [9.17, 15) is 9.00 Å². The van der Waals surface area contributed by atoms with Gasteiger partial charge in [0.1, 0.15) is 17.6 Å². The molecule has 7 nitrogen and oxygen atoms in total. The average Bonchev–Trinajstić information content (AvgIpc) is 2.82. The number of nitrogens with zero attached hydrogens (tertiary/aromatic N) is 2. The zero-order valence-corrected chi connectivity index (χ0v) is 20.8. The van der Waals surface area contributed by atoms with E-state index in [0.717, 1.165) is 11.3 Å². The molecular formula is C23H33ClN2O5S. The van der Waals surface area contributed by atoms with Crippen molar-refractivity contribution in [3.8, 4) is 0 Å². The Balaban J connectivity index is 0.00000176. The van der Waals surface area contributed by atoms with E-state index in [0.29, 0.717) is 42.3 Å². The van der Waals surface area contributed by atoms with Gasteiger partial charge in [0, 0.05) is 36.8 Å². The number of cyclic esters (lactones) is 1. The normalized spacial score (nSPS) is 19.2. The number of amides is 1. The Bertz CT molecular complexity index is 840. The van der Waals surface area contributed by atoms with Crippen molar-refractivity contribution in [2.24, 2.45) is 0 Å². The molecule has 178 valence electrons. The van der Waals surface area contributed by atoms with Gasteiger partial charge in [-0.15, -0.1) is 6.58 Å². The number of hydrogen-bond acceptors (Lipinski definition) is 5. The molecule has 1 amide bonds. The van der Waals surface area contributed by atoms with Gasteiger partial charge in [0.2, 0.25) is 0 Å². The molecule has 3 rings (SSSR count). The minimum absolute atomic E-state index is 0.0350. The van der Waals surface area contributed by atoms with Crippen LogP contribution in [0.5, 0.6) is 0 Å². The first-order valence-electron chi connectivity index (χ1n) is 10.8. The van der Waals surface area contributed by atoms with Crippen molar-refractivity contribution >= 4 is 34.4 Å². The lowest BCUT2D eigenvalue weighted by atomic mass is 10.0. The van der Waals surface area contributed by atoms with E-state index in [2.05, 4.69) is 6.58 Å². The number of carbonyl (C=O) groups is 1. The first-order valence-corrected chi connectivity index (χ1v) is 12.3. The van der Waals surface area contributed by atoms with Gasteiger partial charge in [-0.3, -0.25) is 4.90 Å². The summed E-state index contributed by atoms with van der Waals surface area (Å²) in [5.41, 5.74) is 1.73. The van der Waals surface area contributed by atoms with E-state index in [1.165, 1.54) is 13.4 Å². The molecule has 0 N–H and O–H groups in total. The van der Waals surface area contributed by atoms with E-state index in [-0.39, 0.29) is 24.8 Å². The fourth-order valence-corrected chi connectivity index (χ4v) is 5.43. The van der Waals surface area contributed by atoms with Gasteiger partial charge in [-0.2, -0.15) is 0 Å². The summed E-state index contributed by atoms with van der Waals surface area (Å²) in [6.45, 7) is 9.09. The Hall–Kier alpha value is -1.87. The van der Waals surface area contributed by atoms with Crippen LogP contribution in [0.25, 0.3) is 0 Å². The Morgan fingerprint density at radius 3 is 2.62 bits per heavy atom. The van der Waals surface area contributed by atoms with Crippen LogP contribution in [0.3, 0.4) is 0 Å². The largest absolute Gasteiger partial charge is 0.503 e. The predicted octanol–water partition coefficient (Wildman–Crippen LogP) is 5.03. The van der Waals surface area contributed by atoms with Crippen LogP contribution in [0.2, 0.25) is 5.02 Å². The van der Waals surface area contributed by atoms with Crippen LogP contribution in [0.4, 0.5) is 10.5 Å². The minimum atomic E-state index is -1.41. The van der Waals surface area contributed by atoms with E-state index in [1.807, 2.05) is 30.3 Å². The van der Waals surface area contributed by atoms with Crippen LogP contribution >= 0.6 is 11.6 Å². The second-order valence-corrected chi connectivity index (χ2v) is 9.03. The van der Waals surface area contributed by atoms with Gasteiger partial charge in [0.15, 0.2) is 0 Å². The van der Waals surface area contributed by atoms with Gasteiger partial charge < -0.3 is 14.2 Å². The van der Waals surface area contributed by atoms with Gasteiger partial charge in [-0.1, -0.05) is 31.5 Å². The number of piperidine rings is 1. The number of carbonyl (C=O) groups excluding carboxylic acids is 1. The first kappa shape index (κ1) is 26.4. The highest BCUT2D eigenvalue weighted by Gasteiger charge is 2.36. The van der Waals surface area contributed by atoms with Crippen molar-refractivity contribution < 1.29 is 23.2 Å². The summed E-state index contributed by atoms with van der Waals surface area (Å²) in [4.78, 5) is 14.8. The summed E-state index contributed by atoms with van der Waals surface area (Å²) >= 11 is 6.08. The van der Waals surface area contributed by atoms with Crippen molar-refractivity contribution in [2.75, 3.05) is 32.2 Å². The lowest BCUT2D eigenvalue weighted by Crippen LogP contribution is -2.50. The van der Waals surface area contributed by atoms with E-state index in [4.69, 9.17) is 25.8 Å². The summed E-state index contributed by atoms with van der Waals surface area (Å²) < 4.78 is 31.1. The Morgan fingerprint density at radius 2 is 2.03 bits per heavy atom. The number of benzene rings is 1. The fraction of sp³-hybridized carbons (Fsp3) is 0.522. The molecule has 2 aliphatic heterocycles. The van der Waals surface area contributed by atoms with Crippen molar-refractivity contribution in [1.82, 2.24) is 4.31 Å².